The van der Waals surface area contributed by atoms with Gasteiger partial charge < -0.3 is 25.0 Å². The maximum Gasteiger partial charge on any atom is 0.410 e. The van der Waals surface area contributed by atoms with E-state index in [1.807, 2.05) is 42.5 Å². The zero-order valence-corrected chi connectivity index (χ0v) is 17.6. The highest BCUT2D eigenvalue weighted by Gasteiger charge is 2.22. The summed E-state index contributed by atoms with van der Waals surface area (Å²) in [6.45, 7) is 2.82. The number of ether oxygens (including phenoxy) is 1. The van der Waals surface area contributed by atoms with Crippen LogP contribution in [0, 0.1) is 0 Å². The number of phenolic OH excluding ortho intramolecular Hbond substituents is 1. The van der Waals surface area contributed by atoms with E-state index in [0.717, 1.165) is 11.3 Å². The monoisotopic (exact) mass is 431 g/mol. The van der Waals surface area contributed by atoms with Crippen molar-refractivity contribution in [3.63, 3.8) is 0 Å². The lowest BCUT2D eigenvalue weighted by Gasteiger charge is -2.35. The number of hydrogen-bond donors (Lipinski definition) is 2. The maximum atomic E-state index is 12.4. The Morgan fingerprint density at radius 1 is 0.844 bits per heavy atom. The zero-order valence-electron chi connectivity index (χ0n) is 17.6. The van der Waals surface area contributed by atoms with E-state index in [2.05, 4.69) is 10.2 Å². The van der Waals surface area contributed by atoms with E-state index < -0.39 is 0 Å². The van der Waals surface area contributed by atoms with Gasteiger partial charge in [-0.15, -0.1) is 0 Å². The first-order valence-corrected chi connectivity index (χ1v) is 10.5. The molecule has 32 heavy (non-hydrogen) atoms. The van der Waals surface area contributed by atoms with Gasteiger partial charge in [-0.3, -0.25) is 4.79 Å². The van der Waals surface area contributed by atoms with Gasteiger partial charge in [0.05, 0.1) is 0 Å². The van der Waals surface area contributed by atoms with E-state index in [4.69, 9.17) is 4.74 Å². The van der Waals surface area contributed by atoms with Crippen LogP contribution < -0.4 is 10.2 Å². The van der Waals surface area contributed by atoms with E-state index in [1.54, 1.807) is 29.2 Å². The molecule has 0 radical (unpaired) electrons. The molecule has 1 aliphatic rings. The molecule has 1 fully saturated rings. The molecule has 2 amide bonds. The van der Waals surface area contributed by atoms with Crippen LogP contribution in [0.15, 0.2) is 78.9 Å². The number of carbonyl (C=O) groups is 2. The Kier molecular flexibility index (Phi) is 6.55. The van der Waals surface area contributed by atoms with Gasteiger partial charge in [0.25, 0.3) is 5.91 Å². The number of anilines is 2. The minimum Gasteiger partial charge on any atom is -0.508 e. The molecule has 0 aromatic heterocycles. The molecule has 7 heteroatoms. The second kappa shape index (κ2) is 9.87. The lowest BCUT2D eigenvalue weighted by atomic mass is 10.1. The van der Waals surface area contributed by atoms with Gasteiger partial charge in [0.15, 0.2) is 0 Å². The number of carbonyl (C=O) groups excluding carboxylic acids is 2. The van der Waals surface area contributed by atoms with Gasteiger partial charge in [-0.05, 0) is 54.1 Å². The van der Waals surface area contributed by atoms with Crippen molar-refractivity contribution in [2.24, 2.45) is 0 Å². The minimum absolute atomic E-state index is 0.150. The number of hydrogen-bond acceptors (Lipinski definition) is 5. The second-order valence-electron chi connectivity index (χ2n) is 7.56. The van der Waals surface area contributed by atoms with E-state index in [1.165, 1.54) is 12.1 Å². The predicted molar refractivity (Wildman–Crippen MR) is 123 cm³/mol. The Morgan fingerprint density at radius 3 is 2.16 bits per heavy atom. The third kappa shape index (κ3) is 5.37. The van der Waals surface area contributed by atoms with Gasteiger partial charge >= 0.3 is 6.09 Å². The van der Waals surface area contributed by atoms with Gasteiger partial charge in [-0.25, -0.2) is 4.79 Å². The zero-order chi connectivity index (χ0) is 22.3. The molecule has 0 aliphatic carbocycles. The number of benzene rings is 3. The largest absolute Gasteiger partial charge is 0.508 e. The van der Waals surface area contributed by atoms with E-state index in [9.17, 15) is 14.7 Å². The van der Waals surface area contributed by atoms with Crippen LogP contribution in [0.4, 0.5) is 16.2 Å². The molecular formula is C25H25N3O4. The summed E-state index contributed by atoms with van der Waals surface area (Å²) in [6.07, 6.45) is -0.297. The van der Waals surface area contributed by atoms with Crippen LogP contribution in [0.2, 0.25) is 0 Å². The van der Waals surface area contributed by atoms with Crippen LogP contribution >= 0.6 is 0 Å². The van der Waals surface area contributed by atoms with Crippen molar-refractivity contribution >= 4 is 23.4 Å². The van der Waals surface area contributed by atoms with Crippen LogP contribution in [0.3, 0.4) is 0 Å². The number of nitrogens with one attached hydrogen (secondary N) is 1. The fraction of sp³-hybridized carbons (Fsp3) is 0.200. The van der Waals surface area contributed by atoms with Crippen LogP contribution in [-0.2, 0) is 11.3 Å². The number of nitrogens with zero attached hydrogens (tertiary/aromatic N) is 2. The highest BCUT2D eigenvalue weighted by Crippen LogP contribution is 2.19. The summed E-state index contributed by atoms with van der Waals surface area (Å²) in [5.41, 5.74) is 3.13. The summed E-state index contributed by atoms with van der Waals surface area (Å²) in [4.78, 5) is 28.7. The molecule has 0 spiro atoms. The van der Waals surface area contributed by atoms with Crippen molar-refractivity contribution in [2.45, 2.75) is 6.61 Å². The number of phenols is 1. The molecule has 4 rings (SSSR count). The van der Waals surface area contributed by atoms with Crippen LogP contribution in [-0.4, -0.2) is 48.2 Å². The lowest BCUT2D eigenvalue weighted by molar-refractivity contribution is 0.0941. The van der Waals surface area contributed by atoms with E-state index in [-0.39, 0.29) is 24.4 Å². The fourth-order valence-electron chi connectivity index (χ4n) is 3.53. The number of aromatic hydroxyl groups is 1. The molecule has 0 atom stereocenters. The standard InChI is InChI=1S/C25H25N3O4/c29-23-12-8-21(9-13-23)26-24(30)20-6-10-22(11-7-20)27-14-16-28(17-15-27)25(31)32-18-19-4-2-1-3-5-19/h1-13,29H,14-18H2,(H,26,30). The average Bonchev–Trinajstić information content (AvgIpc) is 2.85. The molecule has 3 aromatic rings. The van der Waals surface area contributed by atoms with Gasteiger partial charge in [0.2, 0.25) is 0 Å². The van der Waals surface area contributed by atoms with Gasteiger partial charge in [-0.2, -0.15) is 0 Å². The highest BCUT2D eigenvalue weighted by atomic mass is 16.6. The number of amides is 2. The third-order valence-corrected chi connectivity index (χ3v) is 5.36. The first kappa shape index (κ1) is 21.2. The Labute approximate surface area is 186 Å². The summed E-state index contributed by atoms with van der Waals surface area (Å²) in [5, 5.41) is 12.1. The van der Waals surface area contributed by atoms with Crippen LogP contribution in [0.1, 0.15) is 15.9 Å². The molecule has 1 aliphatic heterocycles. The summed E-state index contributed by atoms with van der Waals surface area (Å²) in [5.74, 6) is -0.0647. The number of rotatable bonds is 5. The molecule has 1 heterocycles. The fourth-order valence-corrected chi connectivity index (χ4v) is 3.53. The molecule has 3 aromatic carbocycles. The lowest BCUT2D eigenvalue weighted by Crippen LogP contribution is -2.48. The third-order valence-electron chi connectivity index (χ3n) is 5.36. The molecule has 7 nitrogen and oxygen atoms in total. The van der Waals surface area contributed by atoms with Gasteiger partial charge in [0.1, 0.15) is 12.4 Å². The van der Waals surface area contributed by atoms with Crippen molar-refractivity contribution in [1.82, 2.24) is 4.90 Å². The Balaban J connectivity index is 1.26. The first-order valence-electron chi connectivity index (χ1n) is 10.5. The molecule has 2 N–H and O–H groups in total. The summed E-state index contributed by atoms with van der Waals surface area (Å²) >= 11 is 0. The highest BCUT2D eigenvalue weighted by molar-refractivity contribution is 6.04. The smallest absolute Gasteiger partial charge is 0.410 e. The first-order chi connectivity index (χ1) is 15.6. The Morgan fingerprint density at radius 2 is 1.50 bits per heavy atom. The van der Waals surface area contributed by atoms with Crippen LogP contribution in [0.5, 0.6) is 5.75 Å². The molecule has 0 unspecified atom stereocenters. The van der Waals surface area contributed by atoms with E-state index in [0.29, 0.717) is 37.4 Å². The summed E-state index contributed by atoms with van der Waals surface area (Å²) in [7, 11) is 0. The van der Waals surface area contributed by atoms with Gasteiger partial charge in [0, 0.05) is 43.1 Å². The SMILES string of the molecule is O=C(Nc1ccc(O)cc1)c1ccc(N2CCN(C(=O)OCc3ccccc3)CC2)cc1. The normalized spacial score (nSPS) is 13.5. The number of piperazine rings is 1. The maximum absolute atomic E-state index is 12.4. The molecule has 0 bridgehead atoms. The van der Waals surface area contributed by atoms with Crippen molar-refractivity contribution in [1.29, 1.82) is 0 Å². The molecule has 1 saturated heterocycles. The Bertz CT molecular complexity index is 1040. The topological polar surface area (TPSA) is 82.1 Å². The minimum atomic E-state index is -0.297. The summed E-state index contributed by atoms with van der Waals surface area (Å²) < 4.78 is 5.42. The van der Waals surface area contributed by atoms with Crippen molar-refractivity contribution in [3.8, 4) is 5.75 Å². The van der Waals surface area contributed by atoms with E-state index >= 15 is 0 Å². The van der Waals surface area contributed by atoms with Crippen molar-refractivity contribution < 1.29 is 19.4 Å². The van der Waals surface area contributed by atoms with Crippen molar-refractivity contribution in [3.05, 3.63) is 90.0 Å². The Hall–Kier alpha value is -4.00. The van der Waals surface area contributed by atoms with Crippen LogP contribution in [0.25, 0.3) is 0 Å². The molecular weight excluding hydrogens is 406 g/mol. The van der Waals surface area contributed by atoms with Gasteiger partial charge in [-0.1, -0.05) is 30.3 Å². The quantitative estimate of drug-likeness (QED) is 0.595. The second-order valence-corrected chi connectivity index (χ2v) is 7.56. The summed E-state index contributed by atoms with van der Waals surface area (Å²) in [6, 6.07) is 23.4. The average molecular weight is 431 g/mol. The predicted octanol–water partition coefficient (Wildman–Crippen LogP) is 4.10. The molecule has 0 saturated carbocycles. The molecule has 164 valence electrons. The van der Waals surface area contributed by atoms with Crippen molar-refractivity contribution in [2.75, 3.05) is 36.4 Å².